The summed E-state index contributed by atoms with van der Waals surface area (Å²) in [5.41, 5.74) is 1.87. The molecule has 1 atom stereocenters. The molecule has 0 unspecified atom stereocenters. The maximum absolute atomic E-state index is 12.4. The highest BCUT2D eigenvalue weighted by molar-refractivity contribution is 9.10. The number of nitrogens with zero attached hydrogens (tertiary/aromatic N) is 1. The first-order chi connectivity index (χ1) is 14.8. The van der Waals surface area contributed by atoms with Crippen molar-refractivity contribution in [3.05, 3.63) is 44.3 Å². The van der Waals surface area contributed by atoms with E-state index in [1.165, 1.54) is 7.11 Å². The topological polar surface area (TPSA) is 66.5 Å². The van der Waals surface area contributed by atoms with Crippen LogP contribution in [-0.4, -0.2) is 52.5 Å². The van der Waals surface area contributed by atoms with Crippen LogP contribution < -0.4 is 18.9 Å². The quantitative estimate of drug-likeness (QED) is 0.386. The molecule has 0 aliphatic heterocycles. The van der Waals surface area contributed by atoms with Crippen molar-refractivity contribution in [1.29, 1.82) is 0 Å². The summed E-state index contributed by atoms with van der Waals surface area (Å²) in [7, 11) is 7.74. The molecule has 0 saturated carbocycles. The van der Waals surface area contributed by atoms with E-state index in [9.17, 15) is 4.79 Å². The molecular formula is C22H27Br2NO6. The molecule has 0 spiro atoms. The first kappa shape index (κ1) is 25.3. The number of esters is 1. The second kappa shape index (κ2) is 11.6. The molecule has 2 aromatic rings. The zero-order valence-electron chi connectivity index (χ0n) is 18.5. The van der Waals surface area contributed by atoms with E-state index in [4.69, 9.17) is 23.7 Å². The number of halogens is 2. The molecule has 0 aromatic heterocycles. The summed E-state index contributed by atoms with van der Waals surface area (Å²) < 4.78 is 28.3. The molecule has 0 aliphatic carbocycles. The Balaban J connectivity index is 2.45. The smallest absolute Gasteiger partial charge is 0.322 e. The van der Waals surface area contributed by atoms with Crippen LogP contribution in [0.3, 0.4) is 0 Å². The van der Waals surface area contributed by atoms with Crippen LogP contribution in [0.5, 0.6) is 23.0 Å². The summed E-state index contributed by atoms with van der Waals surface area (Å²) in [6, 6.07) is 6.99. The minimum atomic E-state index is -0.495. The van der Waals surface area contributed by atoms with Gasteiger partial charge in [0.25, 0.3) is 0 Å². The van der Waals surface area contributed by atoms with E-state index < -0.39 is 6.04 Å². The Morgan fingerprint density at radius 1 is 0.774 bits per heavy atom. The minimum Gasteiger partial charge on any atom is -0.493 e. The second-order valence-corrected chi connectivity index (χ2v) is 8.41. The molecule has 170 valence electrons. The van der Waals surface area contributed by atoms with Gasteiger partial charge in [0.05, 0.1) is 35.5 Å². The van der Waals surface area contributed by atoms with Crippen molar-refractivity contribution >= 4 is 37.8 Å². The summed E-state index contributed by atoms with van der Waals surface area (Å²) in [5.74, 6) is 2.13. The van der Waals surface area contributed by atoms with Crippen LogP contribution in [0.4, 0.5) is 0 Å². The maximum Gasteiger partial charge on any atom is 0.322 e. The van der Waals surface area contributed by atoms with E-state index in [1.54, 1.807) is 28.4 Å². The zero-order chi connectivity index (χ0) is 23.1. The number of hydrogen-bond donors (Lipinski definition) is 0. The predicted molar refractivity (Wildman–Crippen MR) is 125 cm³/mol. The van der Waals surface area contributed by atoms with Crippen molar-refractivity contribution < 1.29 is 28.5 Å². The van der Waals surface area contributed by atoms with E-state index in [-0.39, 0.29) is 5.97 Å². The Bertz CT molecular complexity index is 858. The van der Waals surface area contributed by atoms with Gasteiger partial charge in [-0.2, -0.15) is 0 Å². The Kier molecular flexibility index (Phi) is 9.46. The summed E-state index contributed by atoms with van der Waals surface area (Å²) in [5, 5.41) is 0. The van der Waals surface area contributed by atoms with Crippen LogP contribution in [0.25, 0.3) is 0 Å². The van der Waals surface area contributed by atoms with Gasteiger partial charge in [-0.05, 0) is 42.3 Å². The minimum absolute atomic E-state index is 0.326. The summed E-state index contributed by atoms with van der Waals surface area (Å²) >= 11 is 7.20. The van der Waals surface area contributed by atoms with Gasteiger partial charge in [0.15, 0.2) is 23.0 Å². The largest absolute Gasteiger partial charge is 0.493 e. The van der Waals surface area contributed by atoms with E-state index in [2.05, 4.69) is 31.9 Å². The molecule has 0 saturated heterocycles. The Labute approximate surface area is 199 Å². The van der Waals surface area contributed by atoms with E-state index >= 15 is 0 Å². The molecular weight excluding hydrogens is 534 g/mol. The van der Waals surface area contributed by atoms with Gasteiger partial charge >= 0.3 is 5.97 Å². The highest BCUT2D eigenvalue weighted by Crippen LogP contribution is 2.36. The van der Waals surface area contributed by atoms with Crippen LogP contribution in [0.1, 0.15) is 18.1 Å². The molecule has 0 N–H and O–H groups in total. The summed E-state index contributed by atoms with van der Waals surface area (Å²) in [6.45, 7) is 2.73. The monoisotopic (exact) mass is 559 g/mol. The Hall–Kier alpha value is -1.97. The van der Waals surface area contributed by atoms with Gasteiger partial charge in [-0.15, -0.1) is 0 Å². The van der Waals surface area contributed by atoms with Gasteiger partial charge in [-0.1, -0.05) is 31.9 Å². The maximum atomic E-state index is 12.4. The SMILES string of the molecule is COC(=O)[C@H](C)N(Cc1cc(OC)c(OC)cc1Br)Cc1cc(OC)c(OC)cc1Br. The molecule has 0 heterocycles. The average molecular weight is 561 g/mol. The molecule has 7 nitrogen and oxygen atoms in total. The fourth-order valence-electron chi connectivity index (χ4n) is 3.12. The van der Waals surface area contributed by atoms with Crippen LogP contribution >= 0.6 is 31.9 Å². The fourth-order valence-corrected chi connectivity index (χ4v) is 4.02. The first-order valence-electron chi connectivity index (χ1n) is 9.42. The molecule has 0 aliphatic rings. The van der Waals surface area contributed by atoms with Crippen molar-refractivity contribution in [2.24, 2.45) is 0 Å². The molecule has 0 bridgehead atoms. The van der Waals surface area contributed by atoms with E-state index in [0.29, 0.717) is 36.1 Å². The van der Waals surface area contributed by atoms with Gasteiger partial charge in [0.2, 0.25) is 0 Å². The molecule has 2 aromatic carbocycles. The average Bonchev–Trinajstić information content (AvgIpc) is 2.78. The summed E-state index contributed by atoms with van der Waals surface area (Å²) in [6.07, 6.45) is 0. The van der Waals surface area contributed by atoms with Crippen LogP contribution in [-0.2, 0) is 22.6 Å². The standard InChI is InChI=1S/C22H27Br2NO6/c1-13(22(26)31-6)25(11-14-7-18(27-2)20(29-4)9-16(14)23)12-15-8-19(28-3)21(30-5)10-17(15)24/h7-10,13H,11-12H2,1-6H3/t13-/m0/s1. The Morgan fingerprint density at radius 2 is 1.13 bits per heavy atom. The highest BCUT2D eigenvalue weighted by Gasteiger charge is 2.25. The lowest BCUT2D eigenvalue weighted by Gasteiger charge is -2.29. The number of rotatable bonds is 10. The number of hydrogen-bond acceptors (Lipinski definition) is 7. The van der Waals surface area contributed by atoms with Crippen LogP contribution in [0.2, 0.25) is 0 Å². The van der Waals surface area contributed by atoms with Crippen LogP contribution in [0, 0.1) is 0 Å². The molecule has 0 fully saturated rings. The molecule has 9 heteroatoms. The number of methoxy groups -OCH3 is 5. The Morgan fingerprint density at radius 3 is 1.45 bits per heavy atom. The molecule has 0 amide bonds. The lowest BCUT2D eigenvalue weighted by Crippen LogP contribution is -2.39. The molecule has 2 rings (SSSR count). The number of carbonyl (C=O) groups is 1. The second-order valence-electron chi connectivity index (χ2n) is 6.70. The highest BCUT2D eigenvalue weighted by atomic mass is 79.9. The summed E-state index contributed by atoms with van der Waals surface area (Å²) in [4.78, 5) is 14.4. The van der Waals surface area contributed by atoms with Crippen LogP contribution in [0.15, 0.2) is 33.2 Å². The predicted octanol–water partition coefficient (Wildman–Crippen LogP) is 4.81. The zero-order valence-corrected chi connectivity index (χ0v) is 21.6. The fraction of sp³-hybridized carbons (Fsp3) is 0.409. The van der Waals surface area contributed by atoms with Gasteiger partial charge in [0, 0.05) is 22.0 Å². The van der Waals surface area contributed by atoms with Gasteiger partial charge < -0.3 is 23.7 Å². The third-order valence-corrected chi connectivity index (χ3v) is 6.42. The number of carbonyl (C=O) groups excluding carboxylic acids is 1. The van der Waals surface area contributed by atoms with Crippen molar-refractivity contribution in [2.45, 2.75) is 26.1 Å². The normalized spacial score (nSPS) is 11.8. The first-order valence-corrected chi connectivity index (χ1v) is 11.0. The lowest BCUT2D eigenvalue weighted by atomic mass is 10.1. The number of ether oxygens (including phenoxy) is 5. The molecule has 31 heavy (non-hydrogen) atoms. The van der Waals surface area contributed by atoms with Crippen molar-refractivity contribution in [3.63, 3.8) is 0 Å². The van der Waals surface area contributed by atoms with Crippen molar-refractivity contribution in [2.75, 3.05) is 35.5 Å². The van der Waals surface area contributed by atoms with Gasteiger partial charge in [-0.25, -0.2) is 0 Å². The third kappa shape index (κ3) is 6.05. The van der Waals surface area contributed by atoms with Crippen molar-refractivity contribution in [1.82, 2.24) is 4.90 Å². The van der Waals surface area contributed by atoms with Crippen molar-refractivity contribution in [3.8, 4) is 23.0 Å². The third-order valence-electron chi connectivity index (χ3n) is 4.94. The van der Waals surface area contributed by atoms with Gasteiger partial charge in [0.1, 0.15) is 6.04 Å². The molecule has 0 radical (unpaired) electrons. The number of benzene rings is 2. The van der Waals surface area contributed by atoms with Gasteiger partial charge in [-0.3, -0.25) is 9.69 Å². The van der Waals surface area contributed by atoms with E-state index in [1.807, 2.05) is 36.1 Å². The lowest BCUT2D eigenvalue weighted by molar-refractivity contribution is -0.146. The van der Waals surface area contributed by atoms with E-state index in [0.717, 1.165) is 20.1 Å².